The van der Waals surface area contributed by atoms with Crippen molar-refractivity contribution < 1.29 is 18.3 Å². The van der Waals surface area contributed by atoms with Crippen molar-refractivity contribution in [3.8, 4) is 5.88 Å². The standard InChI is InChI=1S/C19H15F2N3O2/c20-14-4-6-16(7-5-14)23-8-9-24-17(19(23)25)11-18(22-24)26-12-13-2-1-3-15(21)10-13/h1-7,10-11H,8-9,12H2. The van der Waals surface area contributed by atoms with E-state index in [0.717, 1.165) is 0 Å². The van der Waals surface area contributed by atoms with Gasteiger partial charge in [-0.05, 0) is 42.0 Å². The van der Waals surface area contributed by atoms with E-state index in [1.54, 1.807) is 39.9 Å². The number of fused-ring (bicyclic) bond motifs is 1. The lowest BCUT2D eigenvalue weighted by molar-refractivity contribution is 0.0962. The topological polar surface area (TPSA) is 47.4 Å². The molecule has 2 aromatic carbocycles. The first-order chi connectivity index (χ1) is 12.6. The summed E-state index contributed by atoms with van der Waals surface area (Å²) in [6.07, 6.45) is 0. The summed E-state index contributed by atoms with van der Waals surface area (Å²) >= 11 is 0. The molecule has 0 fully saturated rings. The Morgan fingerprint density at radius 3 is 2.58 bits per heavy atom. The molecular formula is C19H15F2N3O2. The summed E-state index contributed by atoms with van der Waals surface area (Å²) < 4.78 is 33.5. The van der Waals surface area contributed by atoms with E-state index in [0.29, 0.717) is 35.9 Å². The summed E-state index contributed by atoms with van der Waals surface area (Å²) in [6.45, 7) is 1.09. The minimum atomic E-state index is -0.351. The highest BCUT2D eigenvalue weighted by Gasteiger charge is 2.28. The molecule has 5 nitrogen and oxygen atoms in total. The summed E-state index contributed by atoms with van der Waals surface area (Å²) in [5.41, 5.74) is 1.70. The van der Waals surface area contributed by atoms with Gasteiger partial charge in [0.05, 0.1) is 6.54 Å². The molecule has 4 rings (SSSR count). The Morgan fingerprint density at radius 1 is 1.00 bits per heavy atom. The van der Waals surface area contributed by atoms with E-state index < -0.39 is 0 Å². The zero-order chi connectivity index (χ0) is 18.1. The number of nitrogens with zero attached hydrogens (tertiary/aromatic N) is 3. The van der Waals surface area contributed by atoms with Crippen LogP contribution in [0.1, 0.15) is 16.1 Å². The maximum absolute atomic E-state index is 13.2. The molecule has 0 unspecified atom stereocenters. The van der Waals surface area contributed by atoms with Crippen molar-refractivity contribution in [2.45, 2.75) is 13.2 Å². The number of anilines is 1. The maximum atomic E-state index is 13.2. The number of ether oxygens (including phenoxy) is 1. The predicted molar refractivity (Wildman–Crippen MR) is 91.0 cm³/mol. The summed E-state index contributed by atoms with van der Waals surface area (Å²) in [7, 11) is 0. The van der Waals surface area contributed by atoms with E-state index in [1.807, 2.05) is 0 Å². The largest absolute Gasteiger partial charge is 0.472 e. The highest BCUT2D eigenvalue weighted by molar-refractivity contribution is 6.05. The van der Waals surface area contributed by atoms with Crippen LogP contribution in [0.5, 0.6) is 5.88 Å². The van der Waals surface area contributed by atoms with Gasteiger partial charge >= 0.3 is 0 Å². The molecule has 3 aromatic rings. The molecule has 132 valence electrons. The SMILES string of the molecule is O=C1c2cc(OCc3cccc(F)c3)nn2CCN1c1ccc(F)cc1. The molecule has 1 amide bonds. The Morgan fingerprint density at radius 2 is 1.81 bits per heavy atom. The lowest BCUT2D eigenvalue weighted by atomic mass is 10.2. The molecule has 0 atom stereocenters. The van der Waals surface area contributed by atoms with Gasteiger partial charge < -0.3 is 9.64 Å². The average molecular weight is 355 g/mol. The number of carbonyl (C=O) groups excluding carboxylic acids is 1. The number of rotatable bonds is 4. The molecule has 2 heterocycles. The number of carbonyl (C=O) groups is 1. The Kier molecular flexibility index (Phi) is 4.12. The first-order valence-corrected chi connectivity index (χ1v) is 8.13. The molecule has 0 bridgehead atoms. The highest BCUT2D eigenvalue weighted by atomic mass is 19.1. The van der Waals surface area contributed by atoms with Crippen molar-refractivity contribution in [1.82, 2.24) is 9.78 Å². The van der Waals surface area contributed by atoms with Gasteiger partial charge in [-0.3, -0.25) is 9.48 Å². The molecule has 0 saturated carbocycles. The molecule has 26 heavy (non-hydrogen) atoms. The molecule has 1 aromatic heterocycles. The minimum absolute atomic E-state index is 0.157. The van der Waals surface area contributed by atoms with E-state index in [4.69, 9.17) is 4.74 Å². The Balaban J connectivity index is 1.51. The molecule has 0 radical (unpaired) electrons. The van der Waals surface area contributed by atoms with Crippen LogP contribution < -0.4 is 9.64 Å². The second-order valence-electron chi connectivity index (χ2n) is 5.94. The summed E-state index contributed by atoms with van der Waals surface area (Å²) in [6, 6.07) is 13.5. The molecule has 1 aliphatic heterocycles. The number of hydrogen-bond donors (Lipinski definition) is 0. The predicted octanol–water partition coefficient (Wildman–Crippen LogP) is 3.40. The monoisotopic (exact) mass is 355 g/mol. The minimum Gasteiger partial charge on any atom is -0.472 e. The van der Waals surface area contributed by atoms with Gasteiger partial charge in [-0.15, -0.1) is 5.10 Å². The van der Waals surface area contributed by atoms with E-state index in [9.17, 15) is 13.6 Å². The fourth-order valence-electron chi connectivity index (χ4n) is 2.89. The maximum Gasteiger partial charge on any atom is 0.276 e. The van der Waals surface area contributed by atoms with Gasteiger partial charge in [-0.25, -0.2) is 8.78 Å². The quantitative estimate of drug-likeness (QED) is 0.721. The molecule has 0 aliphatic carbocycles. The summed E-state index contributed by atoms with van der Waals surface area (Å²) in [4.78, 5) is 14.3. The van der Waals surface area contributed by atoms with Crippen LogP contribution in [0.25, 0.3) is 0 Å². The van der Waals surface area contributed by atoms with E-state index in [1.165, 1.54) is 24.3 Å². The van der Waals surface area contributed by atoms with Gasteiger partial charge in [0.2, 0.25) is 5.88 Å². The highest BCUT2D eigenvalue weighted by Crippen LogP contribution is 2.24. The molecule has 0 N–H and O–H groups in total. The van der Waals surface area contributed by atoms with Crippen molar-refractivity contribution in [3.05, 3.63) is 77.5 Å². The van der Waals surface area contributed by atoms with Crippen molar-refractivity contribution in [2.75, 3.05) is 11.4 Å². The van der Waals surface area contributed by atoms with Gasteiger partial charge in [-0.1, -0.05) is 12.1 Å². The van der Waals surface area contributed by atoms with Crippen LogP contribution in [0.2, 0.25) is 0 Å². The number of amides is 1. The van der Waals surface area contributed by atoms with Crippen LogP contribution in [0.4, 0.5) is 14.5 Å². The normalized spacial score (nSPS) is 13.6. The van der Waals surface area contributed by atoms with Crippen molar-refractivity contribution in [2.24, 2.45) is 0 Å². The lowest BCUT2D eigenvalue weighted by Crippen LogP contribution is -2.40. The van der Waals surface area contributed by atoms with E-state index >= 15 is 0 Å². The van der Waals surface area contributed by atoms with Crippen molar-refractivity contribution in [1.29, 1.82) is 0 Å². The van der Waals surface area contributed by atoms with Crippen LogP contribution in [0, 0.1) is 11.6 Å². The lowest BCUT2D eigenvalue weighted by Gasteiger charge is -2.27. The van der Waals surface area contributed by atoms with Gasteiger partial charge in [-0.2, -0.15) is 0 Å². The first-order valence-electron chi connectivity index (χ1n) is 8.13. The van der Waals surface area contributed by atoms with Gasteiger partial charge in [0.25, 0.3) is 5.91 Å². The molecule has 0 saturated heterocycles. The second kappa shape index (κ2) is 6.59. The van der Waals surface area contributed by atoms with Crippen LogP contribution >= 0.6 is 0 Å². The number of hydrogen-bond acceptors (Lipinski definition) is 3. The fourth-order valence-corrected chi connectivity index (χ4v) is 2.89. The summed E-state index contributed by atoms with van der Waals surface area (Å²) in [5.74, 6) is -0.605. The Hall–Kier alpha value is -3.22. The second-order valence-corrected chi connectivity index (χ2v) is 5.94. The van der Waals surface area contributed by atoms with Crippen LogP contribution in [-0.2, 0) is 13.2 Å². The fraction of sp³-hybridized carbons (Fsp3) is 0.158. The number of aromatic nitrogens is 2. The third-order valence-electron chi connectivity index (χ3n) is 4.17. The zero-order valence-corrected chi connectivity index (χ0v) is 13.7. The van der Waals surface area contributed by atoms with Crippen LogP contribution in [-0.4, -0.2) is 22.2 Å². The smallest absolute Gasteiger partial charge is 0.276 e. The molecule has 0 spiro atoms. The van der Waals surface area contributed by atoms with Crippen molar-refractivity contribution >= 4 is 11.6 Å². The van der Waals surface area contributed by atoms with E-state index in [2.05, 4.69) is 5.10 Å². The summed E-state index contributed by atoms with van der Waals surface area (Å²) in [5, 5.41) is 4.27. The van der Waals surface area contributed by atoms with Gasteiger partial charge in [0.15, 0.2) is 0 Å². The van der Waals surface area contributed by atoms with Crippen LogP contribution in [0.15, 0.2) is 54.6 Å². The van der Waals surface area contributed by atoms with Gasteiger partial charge in [0, 0.05) is 18.3 Å². The number of halogens is 2. The zero-order valence-electron chi connectivity index (χ0n) is 13.7. The molecule has 7 heteroatoms. The van der Waals surface area contributed by atoms with Crippen LogP contribution in [0.3, 0.4) is 0 Å². The Bertz CT molecular complexity index is 954. The average Bonchev–Trinajstić information content (AvgIpc) is 3.06. The molecule has 1 aliphatic rings. The number of benzene rings is 2. The Labute approximate surface area is 148 Å². The third kappa shape index (κ3) is 3.15. The molecular weight excluding hydrogens is 340 g/mol. The first kappa shape index (κ1) is 16.3. The third-order valence-corrected chi connectivity index (χ3v) is 4.17. The van der Waals surface area contributed by atoms with Gasteiger partial charge in [0.1, 0.15) is 23.9 Å². The van der Waals surface area contributed by atoms with E-state index in [-0.39, 0.29) is 24.1 Å². The van der Waals surface area contributed by atoms with Crippen molar-refractivity contribution in [3.63, 3.8) is 0 Å².